The molecule has 0 saturated heterocycles. The first-order valence-electron chi connectivity index (χ1n) is 6.66. The number of allylic oxidation sites excluding steroid dienone is 2. The number of aliphatic imine (C=N–C) groups is 2. The lowest BCUT2D eigenvalue weighted by Gasteiger charge is -2.37. The lowest BCUT2D eigenvalue weighted by atomic mass is 9.73. The van der Waals surface area contributed by atoms with Crippen molar-refractivity contribution in [1.29, 1.82) is 0 Å². The zero-order valence-corrected chi connectivity index (χ0v) is 12.0. The van der Waals surface area contributed by atoms with Crippen LogP contribution in [-0.2, 0) is 16.0 Å². The molecule has 0 aromatic heterocycles. The number of carbonyl (C=O) groups excluding carboxylic acids is 2. The molecule has 0 saturated carbocycles. The molecule has 2 rings (SSSR count). The minimum Gasteiger partial charge on any atom is -0.211 e. The zero-order chi connectivity index (χ0) is 15.3. The highest BCUT2D eigenvalue weighted by atomic mass is 16.1. The van der Waals surface area contributed by atoms with E-state index in [0.29, 0.717) is 0 Å². The standard InChI is InChI=1S/C17H16N2O2/c1-16(2)11-15(10-14-6-4-3-5-7-14)8-9-17(16,18-12-20)19-13-21/h3-9,11H,10H2,1-2H3. The summed E-state index contributed by atoms with van der Waals surface area (Å²) in [5, 5.41) is 0. The van der Waals surface area contributed by atoms with Crippen molar-refractivity contribution in [2.45, 2.75) is 25.9 Å². The normalized spacial score (nSPS) is 22.7. The van der Waals surface area contributed by atoms with Crippen LogP contribution in [-0.4, -0.2) is 17.8 Å². The molecule has 0 aliphatic heterocycles. The van der Waals surface area contributed by atoms with Crippen LogP contribution in [0.2, 0.25) is 0 Å². The first-order chi connectivity index (χ1) is 10.0. The second kappa shape index (κ2) is 5.84. The van der Waals surface area contributed by atoms with Crippen LogP contribution in [0.5, 0.6) is 0 Å². The van der Waals surface area contributed by atoms with Gasteiger partial charge in [-0.2, -0.15) is 9.98 Å². The maximum Gasteiger partial charge on any atom is 0.237 e. The van der Waals surface area contributed by atoms with Gasteiger partial charge in [0.2, 0.25) is 17.8 Å². The third-order valence-corrected chi connectivity index (χ3v) is 3.71. The van der Waals surface area contributed by atoms with E-state index in [1.165, 1.54) is 17.7 Å². The highest BCUT2D eigenvalue weighted by Crippen LogP contribution is 2.42. The van der Waals surface area contributed by atoms with Gasteiger partial charge in [-0.3, -0.25) is 0 Å². The molecule has 0 spiro atoms. The van der Waals surface area contributed by atoms with E-state index < -0.39 is 11.1 Å². The topological polar surface area (TPSA) is 58.9 Å². The first-order valence-corrected chi connectivity index (χ1v) is 6.66. The van der Waals surface area contributed by atoms with Crippen molar-refractivity contribution < 1.29 is 9.59 Å². The summed E-state index contributed by atoms with van der Waals surface area (Å²) in [6.45, 7) is 3.76. The predicted molar refractivity (Wildman–Crippen MR) is 80.1 cm³/mol. The molecule has 1 aromatic rings. The van der Waals surface area contributed by atoms with Gasteiger partial charge >= 0.3 is 0 Å². The minimum atomic E-state index is -1.25. The largest absolute Gasteiger partial charge is 0.237 e. The number of hydrogen-bond donors (Lipinski definition) is 0. The maximum absolute atomic E-state index is 10.7. The molecule has 0 atom stereocenters. The van der Waals surface area contributed by atoms with E-state index in [4.69, 9.17) is 0 Å². The molecule has 1 aromatic carbocycles. The Balaban J connectivity index is 2.36. The fourth-order valence-electron chi connectivity index (χ4n) is 2.52. The van der Waals surface area contributed by atoms with Crippen LogP contribution < -0.4 is 0 Å². The van der Waals surface area contributed by atoms with Gasteiger partial charge in [-0.05, 0) is 23.6 Å². The first kappa shape index (κ1) is 14.9. The van der Waals surface area contributed by atoms with Crippen LogP contribution in [0.1, 0.15) is 19.4 Å². The smallest absolute Gasteiger partial charge is 0.211 e. The van der Waals surface area contributed by atoms with Crippen molar-refractivity contribution in [2.75, 3.05) is 0 Å². The second-order valence-corrected chi connectivity index (χ2v) is 5.57. The average Bonchev–Trinajstić information content (AvgIpc) is 2.44. The number of nitrogens with zero attached hydrogens (tertiary/aromatic N) is 2. The van der Waals surface area contributed by atoms with Crippen LogP contribution in [0.4, 0.5) is 0 Å². The fourth-order valence-corrected chi connectivity index (χ4v) is 2.52. The van der Waals surface area contributed by atoms with E-state index in [9.17, 15) is 9.59 Å². The Hall–Kier alpha value is -2.54. The predicted octanol–water partition coefficient (Wildman–Crippen LogP) is 3.12. The van der Waals surface area contributed by atoms with E-state index >= 15 is 0 Å². The van der Waals surface area contributed by atoms with Crippen LogP contribution in [0.3, 0.4) is 0 Å². The maximum atomic E-state index is 10.7. The second-order valence-electron chi connectivity index (χ2n) is 5.57. The molecule has 0 bridgehead atoms. The van der Waals surface area contributed by atoms with Crippen molar-refractivity contribution in [1.82, 2.24) is 0 Å². The molecule has 1 aliphatic rings. The lowest BCUT2D eigenvalue weighted by Crippen LogP contribution is -2.40. The number of benzene rings is 1. The van der Waals surface area contributed by atoms with E-state index in [2.05, 4.69) is 22.1 Å². The van der Waals surface area contributed by atoms with E-state index in [1.54, 1.807) is 6.08 Å². The molecule has 0 unspecified atom stereocenters. The Kier molecular flexibility index (Phi) is 4.13. The molecule has 4 heteroatoms. The summed E-state index contributed by atoms with van der Waals surface area (Å²) < 4.78 is 0. The highest BCUT2D eigenvalue weighted by Gasteiger charge is 2.44. The third kappa shape index (κ3) is 2.97. The summed E-state index contributed by atoms with van der Waals surface area (Å²) in [5.74, 6) is 0. The van der Waals surface area contributed by atoms with Crippen molar-refractivity contribution in [3.8, 4) is 0 Å². The Labute approximate surface area is 123 Å². The molecule has 4 nitrogen and oxygen atoms in total. The minimum absolute atomic E-state index is 0.610. The van der Waals surface area contributed by atoms with Gasteiger partial charge in [0.1, 0.15) is 0 Å². The molecule has 0 radical (unpaired) electrons. The number of rotatable bonds is 4. The molecule has 0 N–H and O–H groups in total. The average molecular weight is 280 g/mol. The Morgan fingerprint density at radius 3 is 2.19 bits per heavy atom. The van der Waals surface area contributed by atoms with Gasteiger partial charge in [0.15, 0.2) is 0 Å². The summed E-state index contributed by atoms with van der Waals surface area (Å²) in [7, 11) is 0. The summed E-state index contributed by atoms with van der Waals surface area (Å²) in [6, 6.07) is 10.1. The summed E-state index contributed by atoms with van der Waals surface area (Å²) in [5.41, 5.74) is 0.413. The van der Waals surface area contributed by atoms with Crippen molar-refractivity contribution >= 4 is 12.2 Å². The van der Waals surface area contributed by atoms with Gasteiger partial charge in [-0.15, -0.1) is 0 Å². The van der Waals surface area contributed by atoms with E-state index in [-0.39, 0.29) is 0 Å². The zero-order valence-electron chi connectivity index (χ0n) is 12.0. The van der Waals surface area contributed by atoms with E-state index in [0.717, 1.165) is 12.0 Å². The van der Waals surface area contributed by atoms with Gasteiger partial charge in [0.25, 0.3) is 0 Å². The van der Waals surface area contributed by atoms with E-state index in [1.807, 2.05) is 44.2 Å². The van der Waals surface area contributed by atoms with Crippen molar-refractivity contribution in [3.05, 3.63) is 59.7 Å². The number of isocyanates is 2. The summed E-state index contributed by atoms with van der Waals surface area (Å²) in [6.07, 6.45) is 9.28. The molecule has 0 heterocycles. The Bertz CT molecular complexity index is 656. The van der Waals surface area contributed by atoms with Gasteiger partial charge in [-0.25, -0.2) is 9.59 Å². The monoisotopic (exact) mass is 280 g/mol. The summed E-state index contributed by atoms with van der Waals surface area (Å²) in [4.78, 5) is 28.8. The third-order valence-electron chi connectivity index (χ3n) is 3.71. The van der Waals surface area contributed by atoms with Gasteiger partial charge in [0, 0.05) is 5.41 Å². The van der Waals surface area contributed by atoms with Crippen LogP contribution in [0.15, 0.2) is 64.1 Å². The van der Waals surface area contributed by atoms with Crippen LogP contribution >= 0.6 is 0 Å². The van der Waals surface area contributed by atoms with Crippen LogP contribution in [0, 0.1) is 5.41 Å². The van der Waals surface area contributed by atoms with Crippen LogP contribution in [0.25, 0.3) is 0 Å². The fraction of sp³-hybridized carbons (Fsp3) is 0.294. The quantitative estimate of drug-likeness (QED) is 0.628. The van der Waals surface area contributed by atoms with Crippen molar-refractivity contribution in [3.63, 3.8) is 0 Å². The molecular formula is C17H16N2O2. The van der Waals surface area contributed by atoms with Crippen molar-refractivity contribution in [2.24, 2.45) is 15.4 Å². The Morgan fingerprint density at radius 2 is 1.67 bits per heavy atom. The molecule has 106 valence electrons. The van der Waals surface area contributed by atoms with Gasteiger partial charge in [0.05, 0.1) is 0 Å². The highest BCUT2D eigenvalue weighted by molar-refractivity contribution is 5.47. The molecule has 0 amide bonds. The molecule has 21 heavy (non-hydrogen) atoms. The SMILES string of the molecule is CC1(C)C=C(Cc2ccccc2)C=CC1(N=C=O)N=C=O. The lowest BCUT2D eigenvalue weighted by molar-refractivity contribution is 0.289. The molecular weight excluding hydrogens is 264 g/mol. The van der Waals surface area contributed by atoms with Gasteiger partial charge < -0.3 is 0 Å². The molecule has 0 fully saturated rings. The van der Waals surface area contributed by atoms with Gasteiger partial charge in [-0.1, -0.05) is 56.3 Å². The molecule has 1 aliphatic carbocycles. The number of hydrogen-bond acceptors (Lipinski definition) is 4. The summed E-state index contributed by atoms with van der Waals surface area (Å²) >= 11 is 0. The Morgan fingerprint density at radius 1 is 1.05 bits per heavy atom.